The van der Waals surface area contributed by atoms with Crippen molar-refractivity contribution in [3.05, 3.63) is 59.7 Å². The number of carbonyl (C=O) groups is 3. The van der Waals surface area contributed by atoms with Crippen molar-refractivity contribution in [3.8, 4) is 11.1 Å². The molecule has 7 nitrogen and oxygen atoms in total. The van der Waals surface area contributed by atoms with Gasteiger partial charge in [0.05, 0.1) is 0 Å². The topological polar surface area (TPSA) is 95.9 Å². The van der Waals surface area contributed by atoms with Gasteiger partial charge in [-0.3, -0.25) is 4.79 Å². The SMILES string of the molecule is C[C@@H](NC(=O)OCC1c2ccccc2-c2ccccc21)C(=O)N1CCCC1C(=O)O. The predicted octanol–water partition coefficient (Wildman–Crippen LogP) is 2.99. The summed E-state index contributed by atoms with van der Waals surface area (Å²) in [6.07, 6.45) is 0.378. The zero-order valence-corrected chi connectivity index (χ0v) is 16.7. The van der Waals surface area contributed by atoms with E-state index in [9.17, 15) is 19.5 Å². The van der Waals surface area contributed by atoms with Crippen molar-refractivity contribution in [1.82, 2.24) is 10.2 Å². The first kappa shape index (κ1) is 19.9. The maximum absolute atomic E-state index is 12.6. The molecule has 2 amide bonds. The van der Waals surface area contributed by atoms with Gasteiger partial charge in [0.1, 0.15) is 18.7 Å². The van der Waals surface area contributed by atoms with Crippen LogP contribution in [0.15, 0.2) is 48.5 Å². The molecule has 156 valence electrons. The van der Waals surface area contributed by atoms with Crippen molar-refractivity contribution in [3.63, 3.8) is 0 Å². The molecule has 1 aliphatic carbocycles. The number of carbonyl (C=O) groups excluding carboxylic acids is 2. The van der Waals surface area contributed by atoms with Gasteiger partial charge in [-0.05, 0) is 42.0 Å². The van der Waals surface area contributed by atoms with Gasteiger partial charge < -0.3 is 20.1 Å². The summed E-state index contributed by atoms with van der Waals surface area (Å²) in [5.41, 5.74) is 4.49. The lowest BCUT2D eigenvalue weighted by Gasteiger charge is -2.25. The molecule has 1 aliphatic heterocycles. The number of rotatable bonds is 5. The van der Waals surface area contributed by atoms with E-state index in [2.05, 4.69) is 17.4 Å². The van der Waals surface area contributed by atoms with E-state index in [4.69, 9.17) is 4.74 Å². The fourth-order valence-electron chi connectivity index (χ4n) is 4.41. The van der Waals surface area contributed by atoms with Crippen LogP contribution in [0.5, 0.6) is 0 Å². The van der Waals surface area contributed by atoms with Crippen molar-refractivity contribution in [1.29, 1.82) is 0 Å². The van der Waals surface area contributed by atoms with Gasteiger partial charge in [0.25, 0.3) is 0 Å². The number of amides is 2. The summed E-state index contributed by atoms with van der Waals surface area (Å²) in [6.45, 7) is 2.08. The van der Waals surface area contributed by atoms with Crippen molar-refractivity contribution >= 4 is 18.0 Å². The average molecular weight is 408 g/mol. The maximum Gasteiger partial charge on any atom is 0.407 e. The van der Waals surface area contributed by atoms with E-state index in [-0.39, 0.29) is 12.5 Å². The molecule has 0 aromatic heterocycles. The molecule has 1 heterocycles. The zero-order chi connectivity index (χ0) is 21.3. The number of benzene rings is 2. The van der Waals surface area contributed by atoms with Crippen molar-refractivity contribution in [2.45, 2.75) is 37.8 Å². The molecule has 2 aromatic carbocycles. The molecule has 0 spiro atoms. The Balaban J connectivity index is 1.38. The third-order valence-electron chi connectivity index (χ3n) is 5.87. The Kier molecular flexibility index (Phi) is 5.44. The highest BCUT2D eigenvalue weighted by molar-refractivity contribution is 5.89. The Labute approximate surface area is 174 Å². The summed E-state index contributed by atoms with van der Waals surface area (Å²) < 4.78 is 5.46. The molecule has 7 heteroatoms. The van der Waals surface area contributed by atoms with Crippen molar-refractivity contribution in [2.75, 3.05) is 13.2 Å². The minimum Gasteiger partial charge on any atom is -0.480 e. The van der Waals surface area contributed by atoms with Crippen LogP contribution >= 0.6 is 0 Å². The van der Waals surface area contributed by atoms with E-state index in [0.717, 1.165) is 22.3 Å². The first-order valence-electron chi connectivity index (χ1n) is 10.1. The molecule has 1 saturated heterocycles. The van der Waals surface area contributed by atoms with E-state index < -0.39 is 30.1 Å². The number of carboxylic acids is 1. The number of nitrogens with one attached hydrogen (secondary N) is 1. The molecule has 1 unspecified atom stereocenters. The molecule has 30 heavy (non-hydrogen) atoms. The predicted molar refractivity (Wildman–Crippen MR) is 110 cm³/mol. The van der Waals surface area contributed by atoms with E-state index in [1.54, 1.807) is 6.92 Å². The Bertz CT molecular complexity index is 944. The van der Waals surface area contributed by atoms with Crippen LogP contribution < -0.4 is 5.32 Å². The van der Waals surface area contributed by atoms with Gasteiger partial charge in [0.15, 0.2) is 0 Å². The summed E-state index contributed by atoms with van der Waals surface area (Å²) in [5, 5.41) is 11.8. The molecule has 2 N–H and O–H groups in total. The van der Waals surface area contributed by atoms with E-state index in [0.29, 0.717) is 19.4 Å². The number of nitrogens with zero attached hydrogens (tertiary/aromatic N) is 1. The standard InChI is InChI=1S/C23H24N2O5/c1-14(21(26)25-12-6-11-20(25)22(27)28)24-23(29)30-13-19-17-9-4-2-7-15(17)16-8-3-5-10-18(16)19/h2-5,7-10,14,19-20H,6,11-13H2,1H3,(H,24,29)(H,27,28)/t14-,20?/m1/s1. The highest BCUT2D eigenvalue weighted by atomic mass is 16.5. The fourth-order valence-corrected chi connectivity index (χ4v) is 4.41. The highest BCUT2D eigenvalue weighted by Gasteiger charge is 2.36. The lowest BCUT2D eigenvalue weighted by Crippen LogP contribution is -2.50. The van der Waals surface area contributed by atoms with Gasteiger partial charge in [0.2, 0.25) is 5.91 Å². The third-order valence-corrected chi connectivity index (χ3v) is 5.87. The van der Waals surface area contributed by atoms with Crippen LogP contribution in [-0.4, -0.2) is 53.2 Å². The summed E-state index contributed by atoms with van der Waals surface area (Å²) >= 11 is 0. The van der Waals surface area contributed by atoms with Gasteiger partial charge in [-0.25, -0.2) is 9.59 Å². The molecule has 2 aliphatic rings. The minimum atomic E-state index is -1.02. The number of hydrogen-bond donors (Lipinski definition) is 2. The Hall–Kier alpha value is -3.35. The van der Waals surface area contributed by atoms with E-state index in [1.165, 1.54) is 4.90 Å². The van der Waals surface area contributed by atoms with Crippen molar-refractivity contribution < 1.29 is 24.2 Å². The lowest BCUT2D eigenvalue weighted by molar-refractivity contribution is -0.148. The second-order valence-corrected chi connectivity index (χ2v) is 7.72. The second kappa shape index (κ2) is 8.18. The maximum atomic E-state index is 12.6. The molecule has 0 saturated carbocycles. The number of ether oxygens (including phenoxy) is 1. The van der Waals surface area contributed by atoms with Gasteiger partial charge in [-0.2, -0.15) is 0 Å². The van der Waals surface area contributed by atoms with Crippen LogP contribution in [0.2, 0.25) is 0 Å². The Morgan fingerprint density at radius 3 is 2.30 bits per heavy atom. The van der Waals surface area contributed by atoms with Crippen LogP contribution in [0, 0.1) is 0 Å². The third kappa shape index (κ3) is 3.63. The number of hydrogen-bond acceptors (Lipinski definition) is 4. The number of likely N-dealkylation sites (tertiary alicyclic amines) is 1. The number of aliphatic carboxylic acids is 1. The quantitative estimate of drug-likeness (QED) is 0.793. The number of fused-ring (bicyclic) bond motifs is 3. The fraction of sp³-hybridized carbons (Fsp3) is 0.348. The second-order valence-electron chi connectivity index (χ2n) is 7.72. The van der Waals surface area contributed by atoms with Gasteiger partial charge >= 0.3 is 12.1 Å². The summed E-state index contributed by atoms with van der Waals surface area (Å²) in [4.78, 5) is 37.5. The Morgan fingerprint density at radius 1 is 1.10 bits per heavy atom. The van der Waals surface area contributed by atoms with Gasteiger partial charge in [-0.15, -0.1) is 0 Å². The summed E-state index contributed by atoms with van der Waals surface area (Å²) in [5.74, 6) is -1.49. The van der Waals surface area contributed by atoms with E-state index >= 15 is 0 Å². The van der Waals surface area contributed by atoms with Crippen LogP contribution in [0.25, 0.3) is 11.1 Å². The lowest BCUT2D eigenvalue weighted by atomic mass is 9.98. The molecular formula is C23H24N2O5. The van der Waals surface area contributed by atoms with Gasteiger partial charge in [-0.1, -0.05) is 48.5 Å². The molecule has 0 bridgehead atoms. The number of alkyl carbamates (subject to hydrolysis) is 1. The molecule has 2 aromatic rings. The summed E-state index contributed by atoms with van der Waals surface area (Å²) in [7, 11) is 0. The molecule has 1 fully saturated rings. The molecule has 0 radical (unpaired) electrons. The normalized spacial score (nSPS) is 18.4. The first-order valence-corrected chi connectivity index (χ1v) is 10.1. The average Bonchev–Trinajstić information content (AvgIpc) is 3.35. The van der Waals surface area contributed by atoms with Crippen LogP contribution in [-0.2, 0) is 14.3 Å². The monoisotopic (exact) mass is 408 g/mol. The van der Waals surface area contributed by atoms with Crippen LogP contribution in [0.3, 0.4) is 0 Å². The van der Waals surface area contributed by atoms with Crippen LogP contribution in [0.4, 0.5) is 4.79 Å². The summed E-state index contributed by atoms with van der Waals surface area (Å²) in [6, 6.07) is 14.4. The molecular weight excluding hydrogens is 384 g/mol. The molecule has 4 rings (SSSR count). The van der Waals surface area contributed by atoms with Crippen molar-refractivity contribution in [2.24, 2.45) is 0 Å². The highest BCUT2D eigenvalue weighted by Crippen LogP contribution is 2.44. The van der Waals surface area contributed by atoms with Crippen LogP contribution in [0.1, 0.15) is 36.8 Å². The molecule has 2 atom stereocenters. The first-order chi connectivity index (χ1) is 14.5. The number of carboxylic acid groups (broad SMARTS) is 1. The van der Waals surface area contributed by atoms with E-state index in [1.807, 2.05) is 36.4 Å². The Morgan fingerprint density at radius 2 is 1.70 bits per heavy atom. The zero-order valence-electron chi connectivity index (χ0n) is 16.7. The largest absolute Gasteiger partial charge is 0.480 e. The smallest absolute Gasteiger partial charge is 0.407 e. The van der Waals surface area contributed by atoms with Gasteiger partial charge in [0, 0.05) is 12.5 Å². The minimum absolute atomic E-state index is 0.0656.